The minimum atomic E-state index is -0.734. The number of likely N-dealkylation sites (N-methyl/N-ethyl adjacent to an activating group) is 1. The maximum atomic E-state index is 13.7. The molecule has 2 rings (SSSR count). The minimum absolute atomic E-state index is 0.110. The third-order valence-electron chi connectivity index (χ3n) is 3.99. The molecule has 0 saturated heterocycles. The standard InChI is InChI=1S/C20H23FN2O3/c1-13(2)15-6-5-7-16(11-15)22-19(24)20(25)23(3)12-14-8-9-18(26-4)17(21)10-14/h5-11,13H,12H2,1-4H3,(H,22,24). The first-order valence-electron chi connectivity index (χ1n) is 8.30. The number of benzene rings is 2. The van der Waals surface area contributed by atoms with Gasteiger partial charge in [0.15, 0.2) is 11.6 Å². The van der Waals surface area contributed by atoms with E-state index in [1.165, 1.54) is 31.2 Å². The average molecular weight is 358 g/mol. The molecule has 2 amide bonds. The molecule has 2 aromatic carbocycles. The maximum absolute atomic E-state index is 13.7. The van der Waals surface area contributed by atoms with Crippen molar-refractivity contribution in [2.75, 3.05) is 19.5 Å². The van der Waals surface area contributed by atoms with Crippen molar-refractivity contribution in [1.29, 1.82) is 0 Å². The van der Waals surface area contributed by atoms with Gasteiger partial charge in [0.25, 0.3) is 0 Å². The minimum Gasteiger partial charge on any atom is -0.494 e. The fraction of sp³-hybridized carbons (Fsp3) is 0.300. The first-order valence-corrected chi connectivity index (χ1v) is 8.30. The van der Waals surface area contributed by atoms with E-state index < -0.39 is 17.6 Å². The Labute approximate surface area is 152 Å². The molecule has 0 saturated carbocycles. The summed E-state index contributed by atoms with van der Waals surface area (Å²) in [5.74, 6) is -1.50. The van der Waals surface area contributed by atoms with Gasteiger partial charge in [0.2, 0.25) is 0 Å². The number of nitrogens with one attached hydrogen (secondary N) is 1. The molecule has 0 fully saturated rings. The summed E-state index contributed by atoms with van der Waals surface area (Å²) in [4.78, 5) is 25.7. The van der Waals surface area contributed by atoms with E-state index >= 15 is 0 Å². The summed E-state index contributed by atoms with van der Waals surface area (Å²) in [6, 6.07) is 11.8. The number of hydrogen-bond acceptors (Lipinski definition) is 3. The number of hydrogen-bond donors (Lipinski definition) is 1. The van der Waals surface area contributed by atoms with Crippen LogP contribution in [0.25, 0.3) is 0 Å². The zero-order valence-electron chi connectivity index (χ0n) is 15.4. The number of halogens is 1. The number of rotatable bonds is 5. The fourth-order valence-corrected chi connectivity index (χ4v) is 2.49. The highest BCUT2D eigenvalue weighted by molar-refractivity contribution is 6.39. The predicted octanol–water partition coefficient (Wildman–Crippen LogP) is 3.55. The highest BCUT2D eigenvalue weighted by Crippen LogP contribution is 2.20. The van der Waals surface area contributed by atoms with Crippen molar-refractivity contribution in [2.24, 2.45) is 0 Å². The van der Waals surface area contributed by atoms with Gasteiger partial charge in [-0.1, -0.05) is 32.0 Å². The molecule has 0 bridgehead atoms. The van der Waals surface area contributed by atoms with E-state index in [0.717, 1.165) is 5.56 Å². The lowest BCUT2D eigenvalue weighted by molar-refractivity contribution is -0.142. The lowest BCUT2D eigenvalue weighted by Gasteiger charge is -2.17. The van der Waals surface area contributed by atoms with Gasteiger partial charge in [-0.15, -0.1) is 0 Å². The second kappa shape index (κ2) is 8.47. The Morgan fingerprint density at radius 3 is 2.54 bits per heavy atom. The normalized spacial score (nSPS) is 10.5. The Hall–Kier alpha value is -2.89. The van der Waals surface area contributed by atoms with Crippen LogP contribution in [0.3, 0.4) is 0 Å². The number of amides is 2. The maximum Gasteiger partial charge on any atom is 0.313 e. The van der Waals surface area contributed by atoms with Crippen LogP contribution in [0.5, 0.6) is 5.75 Å². The number of nitrogens with zero attached hydrogens (tertiary/aromatic N) is 1. The largest absolute Gasteiger partial charge is 0.494 e. The monoisotopic (exact) mass is 358 g/mol. The van der Waals surface area contributed by atoms with Crippen molar-refractivity contribution in [3.63, 3.8) is 0 Å². The van der Waals surface area contributed by atoms with Crippen LogP contribution in [0.1, 0.15) is 30.9 Å². The Morgan fingerprint density at radius 2 is 1.92 bits per heavy atom. The summed E-state index contributed by atoms with van der Waals surface area (Å²) < 4.78 is 18.6. The Bertz CT molecular complexity index is 805. The van der Waals surface area contributed by atoms with E-state index in [9.17, 15) is 14.0 Å². The number of anilines is 1. The molecule has 0 atom stereocenters. The number of ether oxygens (including phenoxy) is 1. The lowest BCUT2D eigenvalue weighted by atomic mass is 10.0. The summed E-state index contributed by atoms with van der Waals surface area (Å²) in [7, 11) is 2.88. The summed E-state index contributed by atoms with van der Waals surface area (Å²) in [6.45, 7) is 4.21. The Morgan fingerprint density at radius 1 is 1.19 bits per heavy atom. The zero-order chi connectivity index (χ0) is 19.3. The van der Waals surface area contributed by atoms with Gasteiger partial charge in [-0.25, -0.2) is 4.39 Å². The fourth-order valence-electron chi connectivity index (χ4n) is 2.49. The molecule has 6 heteroatoms. The Kier molecular flexibility index (Phi) is 6.33. The van der Waals surface area contributed by atoms with Gasteiger partial charge < -0.3 is 15.0 Å². The molecule has 0 radical (unpaired) electrons. The second-order valence-electron chi connectivity index (χ2n) is 6.36. The first kappa shape index (κ1) is 19.4. The van der Waals surface area contributed by atoms with Crippen molar-refractivity contribution in [3.8, 4) is 5.75 Å². The molecule has 138 valence electrons. The molecule has 0 aliphatic rings. The molecule has 0 aliphatic carbocycles. The predicted molar refractivity (Wildman–Crippen MR) is 98.6 cm³/mol. The van der Waals surface area contributed by atoms with Crippen molar-refractivity contribution in [2.45, 2.75) is 26.3 Å². The molecule has 0 spiro atoms. The van der Waals surface area contributed by atoms with Gasteiger partial charge in [0, 0.05) is 19.3 Å². The molecular formula is C20H23FN2O3. The van der Waals surface area contributed by atoms with Crippen LogP contribution in [0.15, 0.2) is 42.5 Å². The van der Waals surface area contributed by atoms with Crippen molar-refractivity contribution < 1.29 is 18.7 Å². The van der Waals surface area contributed by atoms with Crippen molar-refractivity contribution >= 4 is 17.5 Å². The highest BCUT2D eigenvalue weighted by Gasteiger charge is 2.19. The second-order valence-corrected chi connectivity index (χ2v) is 6.36. The van der Waals surface area contributed by atoms with Crippen LogP contribution in [-0.4, -0.2) is 30.9 Å². The number of methoxy groups -OCH3 is 1. The third-order valence-corrected chi connectivity index (χ3v) is 3.99. The summed E-state index contributed by atoms with van der Waals surface area (Å²) >= 11 is 0. The molecule has 5 nitrogen and oxygen atoms in total. The molecular weight excluding hydrogens is 335 g/mol. The molecule has 0 heterocycles. The third kappa shape index (κ3) is 4.81. The van der Waals surface area contributed by atoms with E-state index in [2.05, 4.69) is 5.32 Å². The molecule has 0 aliphatic heterocycles. The topological polar surface area (TPSA) is 58.6 Å². The SMILES string of the molecule is COc1ccc(CN(C)C(=O)C(=O)Nc2cccc(C(C)C)c2)cc1F. The van der Waals surface area contributed by atoms with E-state index in [-0.39, 0.29) is 12.3 Å². The molecule has 0 aromatic heterocycles. The van der Waals surface area contributed by atoms with Crippen LogP contribution < -0.4 is 10.1 Å². The van der Waals surface area contributed by atoms with E-state index in [4.69, 9.17) is 4.74 Å². The summed E-state index contributed by atoms with van der Waals surface area (Å²) in [5.41, 5.74) is 2.20. The van der Waals surface area contributed by atoms with E-state index in [0.29, 0.717) is 17.2 Å². The van der Waals surface area contributed by atoms with Crippen LogP contribution in [0.4, 0.5) is 10.1 Å². The van der Waals surface area contributed by atoms with Gasteiger partial charge >= 0.3 is 11.8 Å². The van der Waals surface area contributed by atoms with E-state index in [1.54, 1.807) is 12.1 Å². The van der Waals surface area contributed by atoms with Crippen molar-refractivity contribution in [3.05, 3.63) is 59.4 Å². The van der Waals surface area contributed by atoms with Crippen LogP contribution >= 0.6 is 0 Å². The average Bonchev–Trinajstić information content (AvgIpc) is 2.61. The highest BCUT2D eigenvalue weighted by atomic mass is 19.1. The van der Waals surface area contributed by atoms with Crippen LogP contribution in [0, 0.1) is 5.82 Å². The zero-order valence-corrected chi connectivity index (χ0v) is 15.4. The van der Waals surface area contributed by atoms with Crippen molar-refractivity contribution in [1.82, 2.24) is 4.90 Å². The summed E-state index contributed by atoms with van der Waals surface area (Å²) in [6.07, 6.45) is 0. The smallest absolute Gasteiger partial charge is 0.313 e. The van der Waals surface area contributed by atoms with Crippen LogP contribution in [-0.2, 0) is 16.1 Å². The Balaban J connectivity index is 2.02. The van der Waals surface area contributed by atoms with Gasteiger partial charge in [0.1, 0.15) is 0 Å². The molecule has 2 aromatic rings. The number of carbonyl (C=O) groups excluding carboxylic acids is 2. The summed E-state index contributed by atoms with van der Waals surface area (Å²) in [5, 5.41) is 2.61. The van der Waals surface area contributed by atoms with Gasteiger partial charge in [0.05, 0.1) is 7.11 Å². The van der Waals surface area contributed by atoms with Gasteiger partial charge in [-0.2, -0.15) is 0 Å². The van der Waals surface area contributed by atoms with Gasteiger partial charge in [-0.05, 0) is 41.3 Å². The number of carbonyl (C=O) groups is 2. The molecule has 0 unspecified atom stereocenters. The lowest BCUT2D eigenvalue weighted by Crippen LogP contribution is -2.36. The van der Waals surface area contributed by atoms with E-state index in [1.807, 2.05) is 32.0 Å². The van der Waals surface area contributed by atoms with Crippen LogP contribution in [0.2, 0.25) is 0 Å². The van der Waals surface area contributed by atoms with Gasteiger partial charge in [-0.3, -0.25) is 9.59 Å². The quantitative estimate of drug-likeness (QED) is 0.832. The molecule has 1 N–H and O–H groups in total. The first-order chi connectivity index (χ1) is 12.3. The molecule has 26 heavy (non-hydrogen) atoms.